The molecule has 2 aromatic rings. The highest BCUT2D eigenvalue weighted by atomic mass is 19.1. The number of rotatable bonds is 3. The Morgan fingerprint density at radius 2 is 1.55 bits per heavy atom. The average Bonchev–Trinajstić information content (AvgIpc) is 3.08. The molecule has 0 aliphatic carbocycles. The van der Waals surface area contributed by atoms with E-state index in [-0.39, 0.29) is 11.8 Å². The largest absolute Gasteiger partial charge is 0.397 e. The number of carbonyl (C=O) groups is 2. The first-order valence-electron chi connectivity index (χ1n) is 10.7. The van der Waals surface area contributed by atoms with Crippen molar-refractivity contribution in [1.29, 1.82) is 0 Å². The molecule has 3 N–H and O–H groups in total. The quantitative estimate of drug-likeness (QED) is 0.733. The maximum Gasteiger partial charge on any atom is 0.254 e. The number of benzene rings is 2. The molecule has 2 aliphatic heterocycles. The molecule has 4 rings (SSSR count). The fraction of sp³-hybridized carbons (Fsp3) is 0.391. The van der Waals surface area contributed by atoms with Gasteiger partial charge in [-0.05, 0) is 49.4 Å². The summed E-state index contributed by atoms with van der Waals surface area (Å²) in [4.78, 5) is 31.2. The minimum Gasteiger partial charge on any atom is -0.397 e. The van der Waals surface area contributed by atoms with Gasteiger partial charge in [0.25, 0.3) is 11.8 Å². The van der Waals surface area contributed by atoms with Crippen molar-refractivity contribution in [3.63, 3.8) is 0 Å². The first kappa shape index (κ1) is 21.1. The van der Waals surface area contributed by atoms with Crippen molar-refractivity contribution in [2.45, 2.75) is 6.42 Å². The molecule has 2 aromatic carbocycles. The van der Waals surface area contributed by atoms with Gasteiger partial charge in [-0.25, -0.2) is 4.39 Å². The molecule has 2 fully saturated rings. The molecule has 0 spiro atoms. The zero-order valence-electron chi connectivity index (χ0n) is 17.5. The summed E-state index contributed by atoms with van der Waals surface area (Å²) in [5.41, 5.74) is 8.69. The highest BCUT2D eigenvalue weighted by molar-refractivity contribution is 5.96. The monoisotopic (exact) mass is 425 g/mol. The molecule has 31 heavy (non-hydrogen) atoms. The highest BCUT2D eigenvalue weighted by Crippen LogP contribution is 2.26. The van der Waals surface area contributed by atoms with Crippen LogP contribution in [0.15, 0.2) is 42.5 Å². The van der Waals surface area contributed by atoms with E-state index in [2.05, 4.69) is 10.2 Å². The molecule has 0 radical (unpaired) electrons. The van der Waals surface area contributed by atoms with Crippen molar-refractivity contribution >= 4 is 23.2 Å². The number of amides is 2. The Balaban J connectivity index is 1.39. The maximum absolute atomic E-state index is 13.4. The second-order valence-electron chi connectivity index (χ2n) is 7.96. The van der Waals surface area contributed by atoms with Crippen molar-refractivity contribution in [2.24, 2.45) is 0 Å². The molecule has 2 heterocycles. The second-order valence-corrected chi connectivity index (χ2v) is 7.96. The zero-order chi connectivity index (χ0) is 21.8. The molecule has 2 amide bonds. The predicted molar refractivity (Wildman–Crippen MR) is 119 cm³/mol. The molecule has 8 heteroatoms. The summed E-state index contributed by atoms with van der Waals surface area (Å²) >= 11 is 0. The van der Waals surface area contributed by atoms with Crippen LogP contribution in [0, 0.1) is 5.82 Å². The summed E-state index contributed by atoms with van der Waals surface area (Å²) in [5.74, 6) is -0.573. The van der Waals surface area contributed by atoms with Gasteiger partial charge in [0.1, 0.15) is 5.82 Å². The first-order chi connectivity index (χ1) is 15.0. The molecular weight excluding hydrogens is 397 g/mol. The topological polar surface area (TPSA) is 81.9 Å². The summed E-state index contributed by atoms with van der Waals surface area (Å²) in [6.07, 6.45) is 0.942. The molecule has 7 nitrogen and oxygen atoms in total. The number of hydrogen-bond donors (Lipinski definition) is 2. The summed E-state index contributed by atoms with van der Waals surface area (Å²) in [6, 6.07) is 11.2. The Labute approximate surface area is 181 Å². The zero-order valence-corrected chi connectivity index (χ0v) is 17.5. The van der Waals surface area contributed by atoms with E-state index in [1.807, 2.05) is 17.0 Å². The SMILES string of the molecule is Nc1cc(C(=O)N2CCCNCC2)ccc1N1CCN(C(=O)c2cccc(F)c2)CC1. The molecule has 2 aliphatic rings. The summed E-state index contributed by atoms with van der Waals surface area (Å²) in [6.45, 7) is 5.46. The lowest BCUT2D eigenvalue weighted by atomic mass is 10.1. The number of carbonyl (C=O) groups excluding carboxylic acids is 2. The molecular formula is C23H28FN5O2. The van der Waals surface area contributed by atoms with Crippen LogP contribution in [-0.4, -0.2) is 74.0 Å². The Morgan fingerprint density at radius 1 is 0.839 bits per heavy atom. The molecule has 2 saturated heterocycles. The molecule has 0 aromatic heterocycles. The van der Waals surface area contributed by atoms with Gasteiger partial charge in [0.2, 0.25) is 0 Å². The van der Waals surface area contributed by atoms with Gasteiger partial charge < -0.3 is 25.8 Å². The van der Waals surface area contributed by atoms with Crippen LogP contribution in [0.4, 0.5) is 15.8 Å². The third-order valence-corrected chi connectivity index (χ3v) is 5.88. The van der Waals surface area contributed by atoms with Crippen molar-refractivity contribution in [1.82, 2.24) is 15.1 Å². The van der Waals surface area contributed by atoms with Crippen LogP contribution in [0.5, 0.6) is 0 Å². The second kappa shape index (κ2) is 9.34. The smallest absolute Gasteiger partial charge is 0.254 e. The van der Waals surface area contributed by atoms with Crippen molar-refractivity contribution in [3.8, 4) is 0 Å². The number of piperazine rings is 1. The van der Waals surface area contributed by atoms with Crippen molar-refractivity contribution < 1.29 is 14.0 Å². The minimum absolute atomic E-state index is 0.00691. The number of nitrogens with one attached hydrogen (secondary N) is 1. The van der Waals surface area contributed by atoms with Crippen LogP contribution in [0.25, 0.3) is 0 Å². The standard InChI is InChI=1S/C23H28FN5O2/c24-19-4-1-3-17(15-19)22(30)29-13-11-27(12-14-29)21-6-5-18(16-20(21)25)23(31)28-9-2-7-26-8-10-28/h1,3-6,15-16,26H,2,7-14,25H2. The fourth-order valence-electron chi connectivity index (χ4n) is 4.16. The molecule has 164 valence electrons. The van der Waals surface area contributed by atoms with Gasteiger partial charge in [-0.1, -0.05) is 6.07 Å². The van der Waals surface area contributed by atoms with Crippen LogP contribution in [0.1, 0.15) is 27.1 Å². The summed E-state index contributed by atoms with van der Waals surface area (Å²) in [7, 11) is 0. The van der Waals surface area contributed by atoms with Gasteiger partial charge >= 0.3 is 0 Å². The lowest BCUT2D eigenvalue weighted by molar-refractivity contribution is 0.0743. The van der Waals surface area contributed by atoms with E-state index in [0.29, 0.717) is 49.5 Å². The van der Waals surface area contributed by atoms with Gasteiger partial charge in [0.15, 0.2) is 0 Å². The number of nitrogens with two attached hydrogens (primary N) is 1. The Hall–Kier alpha value is -3.13. The summed E-state index contributed by atoms with van der Waals surface area (Å²) in [5, 5.41) is 3.30. The van der Waals surface area contributed by atoms with Crippen LogP contribution in [-0.2, 0) is 0 Å². The van der Waals surface area contributed by atoms with Gasteiger partial charge in [0, 0.05) is 56.9 Å². The van der Waals surface area contributed by atoms with Crippen LogP contribution in [0.3, 0.4) is 0 Å². The van der Waals surface area contributed by atoms with Gasteiger partial charge in [-0.15, -0.1) is 0 Å². The van der Waals surface area contributed by atoms with Crippen molar-refractivity contribution in [2.75, 3.05) is 63.0 Å². The third kappa shape index (κ3) is 4.80. The number of halogens is 1. The van der Waals surface area contributed by atoms with Crippen molar-refractivity contribution in [3.05, 3.63) is 59.4 Å². The Kier molecular flexibility index (Phi) is 6.36. The average molecular weight is 426 g/mol. The van der Waals surface area contributed by atoms with Gasteiger partial charge in [0.05, 0.1) is 11.4 Å². The van der Waals surface area contributed by atoms with Crippen LogP contribution < -0.4 is 16.0 Å². The fourth-order valence-corrected chi connectivity index (χ4v) is 4.16. The number of anilines is 2. The number of nitrogen functional groups attached to an aromatic ring is 1. The molecule has 0 unspecified atom stereocenters. The minimum atomic E-state index is -0.414. The predicted octanol–water partition coefficient (Wildman–Crippen LogP) is 1.81. The molecule has 0 saturated carbocycles. The van der Waals surface area contributed by atoms with E-state index in [4.69, 9.17) is 5.73 Å². The van der Waals surface area contributed by atoms with Crippen LogP contribution >= 0.6 is 0 Å². The van der Waals surface area contributed by atoms with E-state index in [1.54, 1.807) is 23.1 Å². The van der Waals surface area contributed by atoms with Gasteiger partial charge in [-0.3, -0.25) is 9.59 Å². The van der Waals surface area contributed by atoms with Crippen LogP contribution in [0.2, 0.25) is 0 Å². The summed E-state index contributed by atoms with van der Waals surface area (Å²) < 4.78 is 13.4. The van der Waals surface area contributed by atoms with E-state index in [9.17, 15) is 14.0 Å². The number of hydrogen-bond acceptors (Lipinski definition) is 5. The van der Waals surface area contributed by atoms with Gasteiger partial charge in [-0.2, -0.15) is 0 Å². The number of nitrogens with zero attached hydrogens (tertiary/aromatic N) is 3. The third-order valence-electron chi connectivity index (χ3n) is 5.88. The Bertz CT molecular complexity index is 951. The van der Waals surface area contributed by atoms with E-state index >= 15 is 0 Å². The molecule has 0 atom stereocenters. The molecule has 0 bridgehead atoms. The van der Waals surface area contributed by atoms with E-state index in [0.717, 1.165) is 31.7 Å². The maximum atomic E-state index is 13.4. The lowest BCUT2D eigenvalue weighted by Gasteiger charge is -2.36. The normalized spacial score (nSPS) is 17.4. The first-order valence-corrected chi connectivity index (χ1v) is 10.7. The lowest BCUT2D eigenvalue weighted by Crippen LogP contribution is -2.49. The van der Waals surface area contributed by atoms with E-state index in [1.165, 1.54) is 12.1 Å². The van der Waals surface area contributed by atoms with E-state index < -0.39 is 5.82 Å². The Morgan fingerprint density at radius 3 is 2.26 bits per heavy atom. The highest BCUT2D eigenvalue weighted by Gasteiger charge is 2.24.